The van der Waals surface area contributed by atoms with Crippen molar-refractivity contribution >= 4 is 33.0 Å². The maximum atomic E-state index is 10.7. The Hall–Kier alpha value is -2.56. The summed E-state index contributed by atoms with van der Waals surface area (Å²) >= 11 is 0. The van der Waals surface area contributed by atoms with E-state index in [2.05, 4.69) is 10.2 Å². The fraction of sp³-hybridized carbons (Fsp3) is 0.348. The number of nitrogens with zero attached hydrogens (tertiary/aromatic N) is 2. The van der Waals surface area contributed by atoms with Crippen LogP contribution in [0.4, 0.5) is 11.5 Å². The Kier molecular flexibility index (Phi) is 7.02. The first-order chi connectivity index (χ1) is 15.5. The summed E-state index contributed by atoms with van der Waals surface area (Å²) in [4.78, 5) is 7.58. The molecule has 0 unspecified atom stereocenters. The summed E-state index contributed by atoms with van der Waals surface area (Å²) in [5, 5.41) is 13.4. The minimum atomic E-state index is -2.84. The van der Waals surface area contributed by atoms with Crippen molar-refractivity contribution in [2.24, 2.45) is 5.73 Å². The van der Waals surface area contributed by atoms with Crippen LogP contribution in [0, 0.1) is 0 Å². The lowest BCUT2D eigenvalue weighted by atomic mass is 10.1. The van der Waals surface area contributed by atoms with Gasteiger partial charge in [-0.15, -0.1) is 0 Å². The third-order valence-corrected chi connectivity index (χ3v) is 7.33. The van der Waals surface area contributed by atoms with E-state index in [1.165, 1.54) is 0 Å². The van der Waals surface area contributed by atoms with E-state index in [4.69, 9.17) is 20.6 Å². The molecule has 4 rings (SSSR count). The van der Waals surface area contributed by atoms with Gasteiger partial charge in [0, 0.05) is 36.8 Å². The molecule has 0 amide bonds. The number of rotatable bonds is 8. The maximum Gasteiger partial charge on any atom is 0.131 e. The number of aliphatic hydroxyl groups excluding tert-OH is 1. The summed E-state index contributed by atoms with van der Waals surface area (Å²) in [7, 11) is -2.84. The molecule has 0 aliphatic carbocycles. The number of fused-ring (bicyclic) bond motifs is 2. The molecule has 2 aromatic carbocycles. The lowest BCUT2D eigenvalue weighted by Gasteiger charge is -2.32. The van der Waals surface area contributed by atoms with Crippen LogP contribution in [0.1, 0.15) is 12.0 Å². The smallest absolute Gasteiger partial charge is 0.131 e. The summed E-state index contributed by atoms with van der Waals surface area (Å²) in [5.74, 6) is 1.69. The third-order valence-electron chi connectivity index (χ3n) is 5.48. The number of pyridine rings is 1. The first-order valence-electron chi connectivity index (χ1n) is 10.7. The maximum absolute atomic E-state index is 10.7. The summed E-state index contributed by atoms with van der Waals surface area (Å²) in [6, 6.07) is 15.1. The molecule has 172 valence electrons. The zero-order valence-corrected chi connectivity index (χ0v) is 18.7. The molecule has 0 radical (unpaired) electrons. The molecule has 0 saturated heterocycles. The number of hydrogen-bond acceptors (Lipinski definition) is 8. The molecular formula is C23H30N4O4S. The Labute approximate surface area is 189 Å². The minimum Gasteiger partial charge on any atom is -0.491 e. The molecule has 0 fully saturated rings. The molecule has 6 N–H and O–H groups in total. The van der Waals surface area contributed by atoms with Crippen LogP contribution in [0.5, 0.6) is 5.75 Å². The van der Waals surface area contributed by atoms with E-state index in [0.717, 1.165) is 40.9 Å². The highest BCUT2D eigenvalue weighted by Crippen LogP contribution is 2.51. The lowest BCUT2D eigenvalue weighted by Crippen LogP contribution is -2.26. The topological polar surface area (TPSA) is 124 Å². The average Bonchev–Trinajstić information content (AvgIpc) is 2.93. The third kappa shape index (κ3) is 4.92. The molecule has 2 heterocycles. The molecule has 1 aliphatic heterocycles. The minimum absolute atomic E-state index is 0.0491. The van der Waals surface area contributed by atoms with E-state index in [0.29, 0.717) is 30.3 Å². The predicted octanol–water partition coefficient (Wildman–Crippen LogP) is 3.50. The Morgan fingerprint density at radius 3 is 2.81 bits per heavy atom. The van der Waals surface area contributed by atoms with Crippen molar-refractivity contribution in [2.75, 3.05) is 48.8 Å². The number of nitrogens with two attached hydrogens (primary N) is 1. The number of benzene rings is 2. The predicted molar refractivity (Wildman–Crippen MR) is 130 cm³/mol. The van der Waals surface area contributed by atoms with Gasteiger partial charge in [-0.2, -0.15) is 10.6 Å². The van der Waals surface area contributed by atoms with Crippen LogP contribution in [0.2, 0.25) is 0 Å². The van der Waals surface area contributed by atoms with Gasteiger partial charge in [-0.25, -0.2) is 4.98 Å². The van der Waals surface area contributed by atoms with Gasteiger partial charge in [-0.05, 0) is 42.8 Å². The Bertz CT molecular complexity index is 1080. The van der Waals surface area contributed by atoms with E-state index >= 15 is 0 Å². The van der Waals surface area contributed by atoms with Crippen molar-refractivity contribution in [3.63, 3.8) is 0 Å². The van der Waals surface area contributed by atoms with Gasteiger partial charge in [0.1, 0.15) is 18.2 Å². The van der Waals surface area contributed by atoms with Crippen molar-refractivity contribution in [2.45, 2.75) is 17.9 Å². The number of aromatic nitrogens is 1. The van der Waals surface area contributed by atoms with Gasteiger partial charge in [-0.1, -0.05) is 18.2 Å². The van der Waals surface area contributed by atoms with Crippen molar-refractivity contribution in [3.8, 4) is 5.75 Å². The van der Waals surface area contributed by atoms with Gasteiger partial charge >= 0.3 is 0 Å². The standard InChI is InChI=1S/C23H30N4O4S/c24-8-3-9-25-21-15-23(26-20-7-6-18(14-19(20)21)31-12-11-28)27-10-13-32(29,30)22-5-2-1-4-17(22)16-27/h1-2,4-7,14-15,28-30H,3,8-13,16,24H2,(H,25,26). The highest BCUT2D eigenvalue weighted by molar-refractivity contribution is 8.24. The first-order valence-corrected chi connectivity index (χ1v) is 12.4. The number of aliphatic hydroxyl groups is 1. The van der Waals surface area contributed by atoms with Crippen LogP contribution in [0.3, 0.4) is 0 Å². The molecule has 0 atom stereocenters. The van der Waals surface area contributed by atoms with Gasteiger partial charge in [-0.3, -0.25) is 9.11 Å². The molecule has 0 bridgehead atoms. The fourth-order valence-electron chi connectivity index (χ4n) is 3.86. The highest BCUT2D eigenvalue weighted by atomic mass is 32.3. The summed E-state index contributed by atoms with van der Waals surface area (Å²) in [5.41, 5.74) is 8.29. The van der Waals surface area contributed by atoms with E-state index in [1.54, 1.807) is 6.07 Å². The van der Waals surface area contributed by atoms with Crippen LogP contribution < -0.4 is 20.7 Å². The number of hydrogen-bond donors (Lipinski definition) is 5. The van der Waals surface area contributed by atoms with E-state index in [9.17, 15) is 9.11 Å². The van der Waals surface area contributed by atoms with E-state index in [-0.39, 0.29) is 19.0 Å². The van der Waals surface area contributed by atoms with Gasteiger partial charge in [0.05, 0.1) is 22.8 Å². The lowest BCUT2D eigenvalue weighted by molar-refractivity contribution is 0.201. The van der Waals surface area contributed by atoms with Gasteiger partial charge in [0.15, 0.2) is 0 Å². The van der Waals surface area contributed by atoms with E-state index < -0.39 is 10.6 Å². The fourth-order valence-corrected chi connectivity index (χ4v) is 5.40. The monoisotopic (exact) mass is 458 g/mol. The van der Waals surface area contributed by atoms with Crippen LogP contribution in [-0.2, 0) is 6.54 Å². The SMILES string of the molecule is NCCCNc1cc(N2CCS(O)(O)c3ccccc3C2)nc2ccc(OCCO)cc12. The molecule has 1 aromatic heterocycles. The Morgan fingerprint density at radius 2 is 2.00 bits per heavy atom. The molecule has 0 saturated carbocycles. The molecular weight excluding hydrogens is 428 g/mol. The van der Waals surface area contributed by atoms with Crippen molar-refractivity contribution in [1.82, 2.24) is 4.98 Å². The zero-order valence-electron chi connectivity index (χ0n) is 17.9. The summed E-state index contributed by atoms with van der Waals surface area (Å²) in [6.45, 7) is 2.52. The normalized spacial score (nSPS) is 16.3. The van der Waals surface area contributed by atoms with Crippen LogP contribution in [-0.4, -0.2) is 57.8 Å². The number of nitrogens with one attached hydrogen (secondary N) is 1. The van der Waals surface area contributed by atoms with Crippen LogP contribution >= 0.6 is 10.6 Å². The van der Waals surface area contributed by atoms with Gasteiger partial charge in [0.2, 0.25) is 0 Å². The number of anilines is 2. The van der Waals surface area contributed by atoms with Crippen LogP contribution in [0.25, 0.3) is 10.9 Å². The Morgan fingerprint density at radius 1 is 1.16 bits per heavy atom. The quantitative estimate of drug-likeness (QED) is 0.325. The molecule has 8 nitrogen and oxygen atoms in total. The van der Waals surface area contributed by atoms with Crippen molar-refractivity contribution in [1.29, 1.82) is 0 Å². The van der Waals surface area contributed by atoms with Gasteiger partial charge in [0.25, 0.3) is 0 Å². The summed E-state index contributed by atoms with van der Waals surface area (Å²) < 4.78 is 26.9. The van der Waals surface area contributed by atoms with Crippen LogP contribution in [0.15, 0.2) is 53.4 Å². The second-order valence-electron chi connectivity index (χ2n) is 7.75. The Balaban J connectivity index is 1.72. The summed E-state index contributed by atoms with van der Waals surface area (Å²) in [6.07, 6.45) is 0.831. The first kappa shape index (κ1) is 22.6. The molecule has 3 aromatic rings. The largest absolute Gasteiger partial charge is 0.491 e. The molecule has 9 heteroatoms. The zero-order chi connectivity index (χ0) is 22.6. The van der Waals surface area contributed by atoms with Gasteiger partial charge < -0.3 is 25.8 Å². The molecule has 32 heavy (non-hydrogen) atoms. The second-order valence-corrected chi connectivity index (χ2v) is 9.93. The average molecular weight is 459 g/mol. The molecule has 1 aliphatic rings. The van der Waals surface area contributed by atoms with E-state index in [1.807, 2.05) is 42.5 Å². The molecule has 0 spiro atoms. The number of ether oxygens (including phenoxy) is 1. The van der Waals surface area contributed by atoms with Crippen molar-refractivity contribution < 1.29 is 18.9 Å². The second kappa shape index (κ2) is 9.93. The van der Waals surface area contributed by atoms with Crippen molar-refractivity contribution in [3.05, 3.63) is 54.1 Å². The highest BCUT2D eigenvalue weighted by Gasteiger charge is 2.26.